The molecule has 3 aliphatic heterocycles. The van der Waals surface area contributed by atoms with Crippen LogP contribution in [0.3, 0.4) is 0 Å². The number of aliphatic hydroxyl groups is 4. The topological polar surface area (TPSA) is 172 Å². The van der Waals surface area contributed by atoms with Gasteiger partial charge in [0.25, 0.3) is 0 Å². The van der Waals surface area contributed by atoms with Gasteiger partial charge in [-0.3, -0.25) is 0 Å². The first-order valence-corrected chi connectivity index (χ1v) is 27.0. The minimum Gasteiger partial charge on any atom is -0.458 e. The minimum absolute atomic E-state index is 0.00783. The maximum absolute atomic E-state index is 16.2. The zero-order chi connectivity index (χ0) is 63.3. The van der Waals surface area contributed by atoms with Gasteiger partial charge in [-0.1, -0.05) is 6.58 Å². The molecule has 14 unspecified atom stereocenters. The van der Waals surface area contributed by atoms with Crippen LogP contribution < -0.4 is 0 Å². The van der Waals surface area contributed by atoms with Crippen LogP contribution in [0.4, 0.5) is 65.9 Å². The number of carbonyl (C=O) groups excluding carboxylic acids is 1. The van der Waals surface area contributed by atoms with Crippen molar-refractivity contribution < 1.29 is 129 Å². The third-order valence-electron chi connectivity index (χ3n) is 19.0. The van der Waals surface area contributed by atoms with Crippen molar-refractivity contribution in [2.75, 3.05) is 19.8 Å². The minimum atomic E-state index is -6.08. The first kappa shape index (κ1) is 68.8. The molecule has 6 rings (SSSR count). The van der Waals surface area contributed by atoms with Crippen LogP contribution in [-0.4, -0.2) is 156 Å². The van der Waals surface area contributed by atoms with Crippen molar-refractivity contribution in [3.63, 3.8) is 0 Å². The summed E-state index contributed by atoms with van der Waals surface area (Å²) in [5.74, 6) is -38.3. The van der Waals surface area contributed by atoms with Gasteiger partial charge in [-0.05, 0) is 184 Å². The average Bonchev–Trinajstić information content (AvgIpc) is 3.82. The molecule has 28 heteroatoms. The number of hydrogen-bond acceptors (Lipinski definition) is 13. The van der Waals surface area contributed by atoms with E-state index in [1.54, 1.807) is 27.7 Å². The second kappa shape index (κ2) is 20.4. The number of halogens is 15. The molecule has 6 aliphatic rings. The molecule has 0 radical (unpaired) electrons. The molecule has 3 saturated carbocycles. The smallest absolute Gasteiger partial charge is 0.449 e. The Morgan fingerprint density at radius 2 is 0.756 bits per heavy atom. The third-order valence-corrected chi connectivity index (χ3v) is 19.0. The van der Waals surface area contributed by atoms with Crippen LogP contribution in [0.15, 0.2) is 12.2 Å². The monoisotopic (exact) mass is 1220 g/mol. The maximum atomic E-state index is 16.2. The van der Waals surface area contributed by atoms with Crippen molar-refractivity contribution in [2.45, 2.75) is 265 Å². The second-order valence-electron chi connectivity index (χ2n) is 27.5. The van der Waals surface area contributed by atoms with Crippen LogP contribution >= 0.6 is 0 Å². The van der Waals surface area contributed by atoms with Crippen molar-refractivity contribution in [1.29, 1.82) is 0 Å². The van der Waals surface area contributed by atoms with Crippen LogP contribution in [0.5, 0.6) is 0 Å². The van der Waals surface area contributed by atoms with E-state index >= 15 is 26.3 Å². The Morgan fingerprint density at radius 3 is 0.976 bits per heavy atom. The summed E-state index contributed by atoms with van der Waals surface area (Å²) >= 11 is 0. The highest BCUT2D eigenvalue weighted by Gasteiger charge is 2.85. The van der Waals surface area contributed by atoms with Gasteiger partial charge in [0.2, 0.25) is 0 Å². The Bertz CT molecular complexity index is 2320. The van der Waals surface area contributed by atoms with E-state index in [1.807, 2.05) is 0 Å². The van der Waals surface area contributed by atoms with E-state index < -0.39 is 171 Å². The average molecular weight is 1220 g/mol. The van der Waals surface area contributed by atoms with E-state index in [1.165, 1.54) is 48.5 Å². The molecular formula is C54H79F15O13. The second-order valence-corrected chi connectivity index (χ2v) is 27.5. The molecule has 0 aromatic rings. The summed E-state index contributed by atoms with van der Waals surface area (Å²) in [4.78, 5) is 14.1. The third kappa shape index (κ3) is 11.4. The van der Waals surface area contributed by atoms with Gasteiger partial charge in [0.1, 0.15) is 6.10 Å². The van der Waals surface area contributed by atoms with Crippen LogP contribution in [-0.2, 0) is 42.7 Å². The highest BCUT2D eigenvalue weighted by Crippen LogP contribution is 2.62. The molecule has 3 aliphatic carbocycles. The Morgan fingerprint density at radius 1 is 0.488 bits per heavy atom. The molecule has 478 valence electrons. The van der Waals surface area contributed by atoms with Crippen LogP contribution in [0.25, 0.3) is 0 Å². The highest BCUT2D eigenvalue weighted by atomic mass is 19.4. The number of rotatable bonds is 16. The highest BCUT2D eigenvalue weighted by molar-refractivity contribution is 5.87. The van der Waals surface area contributed by atoms with E-state index in [2.05, 4.69) is 20.8 Å². The van der Waals surface area contributed by atoms with Crippen LogP contribution in [0.2, 0.25) is 0 Å². The van der Waals surface area contributed by atoms with E-state index in [9.17, 15) is 64.7 Å². The molecule has 13 nitrogen and oxygen atoms in total. The predicted molar refractivity (Wildman–Crippen MR) is 258 cm³/mol. The van der Waals surface area contributed by atoms with E-state index in [4.69, 9.17) is 23.7 Å². The lowest BCUT2D eigenvalue weighted by Gasteiger charge is -2.54. The van der Waals surface area contributed by atoms with Crippen molar-refractivity contribution in [2.24, 2.45) is 35.5 Å². The standard InChI is InChI=1S/C54H79F15O13/c1-28(2)36(70)78-35(29-18-31(37(3,4)79-42(12)17-16-41(11,71)24-42)22-32(19-29)38(5,6)80-43(13)25-75-49(72,46(43,55)56)52(61,62)63)30-20-33(39(7,8)81-44(14)26-76-50(73,47(44,57)58)53(64,65)66)23-34(21-30)40(9,10)82-45(15)27-77-51(74,48(45,59)60)54(67,68)69/h29-35,71-74H,1,16-27H2,2-15H3. The summed E-state index contributed by atoms with van der Waals surface area (Å²) in [7, 11) is 0. The van der Waals surface area contributed by atoms with Gasteiger partial charge in [-0.15, -0.1) is 0 Å². The zero-order valence-corrected chi connectivity index (χ0v) is 48.4. The zero-order valence-electron chi connectivity index (χ0n) is 48.4. The lowest BCUT2D eigenvalue weighted by molar-refractivity contribution is -0.413. The molecule has 0 aromatic carbocycles. The van der Waals surface area contributed by atoms with Crippen molar-refractivity contribution in [3.05, 3.63) is 12.2 Å². The van der Waals surface area contributed by atoms with Gasteiger partial charge >= 0.3 is 59.6 Å². The molecular weight excluding hydrogens is 1140 g/mol. The van der Waals surface area contributed by atoms with E-state index in [-0.39, 0.29) is 50.5 Å². The lowest BCUT2D eigenvalue weighted by Crippen LogP contribution is -2.65. The van der Waals surface area contributed by atoms with Gasteiger partial charge in [0, 0.05) is 12.0 Å². The molecule has 6 fully saturated rings. The maximum Gasteiger partial charge on any atom is 0.449 e. The summed E-state index contributed by atoms with van der Waals surface area (Å²) < 4.78 is 269. The first-order chi connectivity index (χ1) is 36.2. The van der Waals surface area contributed by atoms with Crippen molar-refractivity contribution in [3.8, 4) is 0 Å². The van der Waals surface area contributed by atoms with Crippen LogP contribution in [0, 0.1) is 35.5 Å². The normalized spacial score (nSPS) is 41.7. The van der Waals surface area contributed by atoms with Gasteiger partial charge in [-0.25, -0.2) is 4.79 Å². The quantitative estimate of drug-likeness (QED) is 0.0654. The Balaban J connectivity index is 1.50. The first-order valence-electron chi connectivity index (χ1n) is 27.0. The summed E-state index contributed by atoms with van der Waals surface area (Å²) in [5.41, 5.74) is -19.5. The largest absolute Gasteiger partial charge is 0.458 e. The molecule has 4 N–H and O–H groups in total. The molecule has 3 saturated heterocycles. The van der Waals surface area contributed by atoms with E-state index in [0.717, 1.165) is 0 Å². The molecule has 0 bridgehead atoms. The Labute approximate surface area is 466 Å². The van der Waals surface area contributed by atoms with Crippen molar-refractivity contribution in [1.82, 2.24) is 0 Å². The lowest BCUT2D eigenvalue weighted by atomic mass is 9.59. The number of ether oxygens (including phenoxy) is 8. The molecule has 0 aromatic heterocycles. The number of hydrogen-bond donors (Lipinski definition) is 4. The summed E-state index contributed by atoms with van der Waals surface area (Å²) in [6, 6.07) is 0. The van der Waals surface area contributed by atoms with E-state index in [0.29, 0.717) is 33.6 Å². The SMILES string of the molecule is C=C(C)C(=O)OC(C1CC(C(C)(C)OC2(C)CCC(C)(O)C2)CC(C(C)(C)OC2(C)COC(O)(C(F)(F)F)C2(F)F)C1)C1CC(C(C)(C)OC2(C)COC(O)(C(F)(F)F)C2(F)F)CC(C(C)(C)OC2(C)COC(O)(C(F)(F)F)C2(F)F)C1. The fraction of sp³-hybridized carbons (Fsp3) is 0.944. The predicted octanol–water partition coefficient (Wildman–Crippen LogP) is 11.4. The Kier molecular flexibility index (Phi) is 17.1. The molecule has 0 spiro atoms. The van der Waals surface area contributed by atoms with Crippen LogP contribution in [0.1, 0.15) is 155 Å². The van der Waals surface area contributed by atoms with Crippen molar-refractivity contribution >= 4 is 5.97 Å². The summed E-state index contributed by atoms with van der Waals surface area (Å²) in [6.45, 7) is 16.2. The van der Waals surface area contributed by atoms with Gasteiger partial charge in [0.05, 0.1) is 53.4 Å². The number of alkyl halides is 15. The molecule has 82 heavy (non-hydrogen) atoms. The Hall–Kier alpha value is -2.28. The summed E-state index contributed by atoms with van der Waals surface area (Å²) in [6.07, 6.45) is -20.0. The van der Waals surface area contributed by atoms with Gasteiger partial charge < -0.3 is 58.3 Å². The fourth-order valence-corrected chi connectivity index (χ4v) is 14.1. The summed E-state index contributed by atoms with van der Waals surface area (Å²) in [5, 5.41) is 42.1. The van der Waals surface area contributed by atoms with Gasteiger partial charge in [-0.2, -0.15) is 65.9 Å². The number of carbonyl (C=O) groups is 1. The fourth-order valence-electron chi connectivity index (χ4n) is 14.1. The number of esters is 1. The molecule has 0 amide bonds. The van der Waals surface area contributed by atoms with Gasteiger partial charge in [0.15, 0.2) is 16.8 Å². The molecule has 3 heterocycles. The molecule has 14 atom stereocenters.